The van der Waals surface area contributed by atoms with E-state index in [-0.39, 0.29) is 0 Å². The van der Waals surface area contributed by atoms with Crippen LogP contribution >= 0.6 is 0 Å². The monoisotopic (exact) mass is 188 g/mol. The summed E-state index contributed by atoms with van der Waals surface area (Å²) < 4.78 is 4.99. The van der Waals surface area contributed by atoms with E-state index in [0.29, 0.717) is 12.3 Å². The lowest BCUT2D eigenvalue weighted by Crippen LogP contribution is -1.91. The Bertz CT molecular complexity index is 377. The minimum Gasteiger partial charge on any atom is -0.481 e. The molecule has 0 spiro atoms. The maximum Gasteiger partial charge on any atom is 0.213 e. The molecular formula is C11H12N2O. The molecule has 1 heterocycles. The lowest BCUT2D eigenvalue weighted by atomic mass is 10.2. The van der Waals surface area contributed by atoms with Crippen LogP contribution in [0, 0.1) is 18.3 Å². The third kappa shape index (κ3) is 2.60. The third-order valence-corrected chi connectivity index (χ3v) is 1.82. The lowest BCUT2D eigenvalue weighted by Gasteiger charge is -2.02. The standard InChI is InChI=1S/C11H12N2O/c1-9-10(5-3-4-8-12)6-7-11(13-9)14-2/h3,5-7H,4H2,1-2H3. The van der Waals surface area contributed by atoms with Gasteiger partial charge in [0.2, 0.25) is 5.88 Å². The number of aryl methyl sites for hydroxylation is 1. The zero-order valence-electron chi connectivity index (χ0n) is 8.32. The van der Waals surface area contributed by atoms with Gasteiger partial charge in [-0.25, -0.2) is 4.98 Å². The van der Waals surface area contributed by atoms with Gasteiger partial charge in [0.05, 0.1) is 19.6 Å². The number of rotatable bonds is 3. The number of aromatic nitrogens is 1. The molecular weight excluding hydrogens is 176 g/mol. The number of pyridine rings is 1. The van der Waals surface area contributed by atoms with Crippen molar-refractivity contribution in [3.05, 3.63) is 29.5 Å². The molecule has 3 heteroatoms. The van der Waals surface area contributed by atoms with E-state index in [9.17, 15) is 0 Å². The molecule has 0 aromatic carbocycles. The van der Waals surface area contributed by atoms with E-state index < -0.39 is 0 Å². The fraction of sp³-hybridized carbons (Fsp3) is 0.273. The molecule has 0 amide bonds. The highest BCUT2D eigenvalue weighted by Crippen LogP contribution is 2.13. The molecule has 0 saturated carbocycles. The molecule has 1 aromatic heterocycles. The highest BCUT2D eigenvalue weighted by atomic mass is 16.5. The van der Waals surface area contributed by atoms with E-state index in [2.05, 4.69) is 4.98 Å². The first-order valence-corrected chi connectivity index (χ1v) is 4.33. The van der Waals surface area contributed by atoms with Crippen molar-refractivity contribution < 1.29 is 4.74 Å². The number of nitriles is 1. The van der Waals surface area contributed by atoms with E-state index in [0.717, 1.165) is 11.3 Å². The van der Waals surface area contributed by atoms with Gasteiger partial charge in [0.25, 0.3) is 0 Å². The molecule has 0 fully saturated rings. The van der Waals surface area contributed by atoms with Crippen LogP contribution in [-0.2, 0) is 0 Å². The van der Waals surface area contributed by atoms with Crippen molar-refractivity contribution in [3.63, 3.8) is 0 Å². The Kier molecular flexibility index (Phi) is 3.69. The van der Waals surface area contributed by atoms with Gasteiger partial charge in [0.1, 0.15) is 0 Å². The van der Waals surface area contributed by atoms with Crippen LogP contribution in [0.1, 0.15) is 17.7 Å². The smallest absolute Gasteiger partial charge is 0.213 e. The van der Waals surface area contributed by atoms with Crippen LogP contribution in [-0.4, -0.2) is 12.1 Å². The number of methoxy groups -OCH3 is 1. The number of allylic oxidation sites excluding steroid dienone is 1. The summed E-state index contributed by atoms with van der Waals surface area (Å²) in [6.07, 6.45) is 4.13. The zero-order chi connectivity index (χ0) is 10.4. The topological polar surface area (TPSA) is 45.9 Å². The molecule has 0 radical (unpaired) electrons. The second-order valence-electron chi connectivity index (χ2n) is 2.79. The Morgan fingerprint density at radius 2 is 2.36 bits per heavy atom. The SMILES string of the molecule is COc1ccc(C=CCC#N)c(C)n1. The van der Waals surface area contributed by atoms with Crippen molar-refractivity contribution in [3.8, 4) is 11.9 Å². The molecule has 0 aliphatic carbocycles. The number of nitrogens with zero attached hydrogens (tertiary/aromatic N) is 2. The molecule has 0 N–H and O–H groups in total. The minimum atomic E-state index is 0.422. The predicted molar refractivity (Wildman–Crippen MR) is 54.8 cm³/mol. The van der Waals surface area contributed by atoms with E-state index in [1.165, 1.54) is 0 Å². The van der Waals surface area contributed by atoms with E-state index in [4.69, 9.17) is 10.00 Å². The zero-order valence-corrected chi connectivity index (χ0v) is 8.32. The van der Waals surface area contributed by atoms with Gasteiger partial charge in [-0.05, 0) is 18.6 Å². The van der Waals surface area contributed by atoms with Gasteiger partial charge in [-0.2, -0.15) is 5.26 Å². The highest BCUT2D eigenvalue weighted by Gasteiger charge is 1.97. The van der Waals surface area contributed by atoms with E-state index >= 15 is 0 Å². The summed E-state index contributed by atoms with van der Waals surface area (Å²) in [5.41, 5.74) is 1.92. The summed E-state index contributed by atoms with van der Waals surface area (Å²) >= 11 is 0. The Balaban J connectivity index is 2.85. The van der Waals surface area contributed by atoms with Crippen LogP contribution in [0.15, 0.2) is 18.2 Å². The summed E-state index contributed by atoms with van der Waals surface area (Å²) in [7, 11) is 1.59. The third-order valence-electron chi connectivity index (χ3n) is 1.82. The van der Waals surface area contributed by atoms with Crippen molar-refractivity contribution in [1.29, 1.82) is 5.26 Å². The number of hydrogen-bond acceptors (Lipinski definition) is 3. The molecule has 1 aromatic rings. The minimum absolute atomic E-state index is 0.422. The maximum absolute atomic E-state index is 8.36. The Labute approximate surface area is 83.7 Å². The van der Waals surface area contributed by atoms with Crippen LogP contribution in [0.5, 0.6) is 5.88 Å². The van der Waals surface area contributed by atoms with Gasteiger partial charge in [-0.15, -0.1) is 0 Å². The Morgan fingerprint density at radius 1 is 1.57 bits per heavy atom. The first kappa shape index (κ1) is 10.3. The van der Waals surface area contributed by atoms with Gasteiger partial charge in [0.15, 0.2) is 0 Å². The summed E-state index contributed by atoms with van der Waals surface area (Å²) in [4.78, 5) is 4.21. The quantitative estimate of drug-likeness (QED) is 0.731. The Hall–Kier alpha value is -1.82. The van der Waals surface area contributed by atoms with Crippen molar-refractivity contribution in [2.45, 2.75) is 13.3 Å². The van der Waals surface area contributed by atoms with Crippen molar-refractivity contribution in [1.82, 2.24) is 4.98 Å². The second-order valence-corrected chi connectivity index (χ2v) is 2.79. The molecule has 3 nitrogen and oxygen atoms in total. The van der Waals surface area contributed by atoms with Gasteiger partial charge >= 0.3 is 0 Å². The Morgan fingerprint density at radius 3 is 2.93 bits per heavy atom. The summed E-state index contributed by atoms with van der Waals surface area (Å²) in [6.45, 7) is 1.91. The molecule has 72 valence electrons. The molecule has 0 saturated heterocycles. The van der Waals surface area contributed by atoms with Crippen molar-refractivity contribution in [2.24, 2.45) is 0 Å². The largest absolute Gasteiger partial charge is 0.481 e. The second kappa shape index (κ2) is 5.03. The average molecular weight is 188 g/mol. The highest BCUT2D eigenvalue weighted by molar-refractivity contribution is 5.52. The first-order chi connectivity index (χ1) is 6.77. The average Bonchev–Trinajstić information content (AvgIpc) is 2.20. The lowest BCUT2D eigenvalue weighted by molar-refractivity contribution is 0.397. The fourth-order valence-corrected chi connectivity index (χ4v) is 1.08. The summed E-state index contributed by atoms with van der Waals surface area (Å²) in [6, 6.07) is 5.78. The van der Waals surface area contributed by atoms with Gasteiger partial charge < -0.3 is 4.74 Å². The van der Waals surface area contributed by atoms with E-state index in [1.807, 2.05) is 31.2 Å². The van der Waals surface area contributed by atoms with Crippen LogP contribution in [0.4, 0.5) is 0 Å². The van der Waals surface area contributed by atoms with Crippen LogP contribution in [0.3, 0.4) is 0 Å². The normalized spacial score (nSPS) is 10.1. The predicted octanol–water partition coefficient (Wildman–Crippen LogP) is 2.33. The van der Waals surface area contributed by atoms with Crippen LogP contribution in [0.25, 0.3) is 6.08 Å². The van der Waals surface area contributed by atoms with Crippen molar-refractivity contribution in [2.75, 3.05) is 7.11 Å². The first-order valence-electron chi connectivity index (χ1n) is 4.33. The molecule has 1 rings (SSSR count). The number of hydrogen-bond donors (Lipinski definition) is 0. The van der Waals surface area contributed by atoms with Gasteiger partial charge in [-0.1, -0.05) is 12.2 Å². The molecule has 0 aliphatic rings. The van der Waals surface area contributed by atoms with E-state index in [1.54, 1.807) is 13.2 Å². The summed E-state index contributed by atoms with van der Waals surface area (Å²) in [5, 5.41) is 8.36. The van der Waals surface area contributed by atoms with Crippen LogP contribution in [0.2, 0.25) is 0 Å². The molecule has 0 aliphatic heterocycles. The van der Waals surface area contributed by atoms with Crippen LogP contribution < -0.4 is 4.74 Å². The molecule has 0 bridgehead atoms. The van der Waals surface area contributed by atoms with Crippen molar-refractivity contribution >= 4 is 6.08 Å². The number of ether oxygens (including phenoxy) is 1. The molecule has 0 atom stereocenters. The maximum atomic E-state index is 8.36. The molecule has 14 heavy (non-hydrogen) atoms. The summed E-state index contributed by atoms with van der Waals surface area (Å²) in [5.74, 6) is 0.611. The van der Waals surface area contributed by atoms with Gasteiger partial charge in [-0.3, -0.25) is 0 Å². The van der Waals surface area contributed by atoms with Gasteiger partial charge in [0, 0.05) is 11.8 Å². The molecule has 0 unspecified atom stereocenters. The fourth-order valence-electron chi connectivity index (χ4n) is 1.08.